The van der Waals surface area contributed by atoms with E-state index in [4.69, 9.17) is 21.1 Å². The third kappa shape index (κ3) is 3.93. The zero-order valence-corrected chi connectivity index (χ0v) is 11.1. The van der Waals surface area contributed by atoms with Crippen LogP contribution in [0.25, 0.3) is 0 Å². The summed E-state index contributed by atoms with van der Waals surface area (Å²) in [6.45, 7) is 5.90. The Kier molecular flexibility index (Phi) is 5.29. The van der Waals surface area contributed by atoms with Gasteiger partial charge in [-0.3, -0.25) is 0 Å². The van der Waals surface area contributed by atoms with Crippen molar-refractivity contribution in [2.24, 2.45) is 0 Å². The van der Waals surface area contributed by atoms with E-state index in [1.807, 2.05) is 19.9 Å². The number of benzene rings is 1. The van der Waals surface area contributed by atoms with Crippen LogP contribution in [0.15, 0.2) is 18.2 Å². The standard InChI is InChI=1S/C13H17ClO3/c1-4-12(13(15)16-5-2)17-10-6-7-11(14)9(3)8-10/h6-8,12H,4-5H2,1-3H3. The minimum atomic E-state index is -0.560. The summed E-state index contributed by atoms with van der Waals surface area (Å²) in [5.74, 6) is 0.300. The highest BCUT2D eigenvalue weighted by Gasteiger charge is 2.19. The van der Waals surface area contributed by atoms with Crippen LogP contribution in [-0.2, 0) is 9.53 Å². The van der Waals surface area contributed by atoms with Gasteiger partial charge in [-0.25, -0.2) is 4.79 Å². The third-order valence-electron chi connectivity index (χ3n) is 2.33. The molecule has 1 rings (SSSR count). The highest BCUT2D eigenvalue weighted by Crippen LogP contribution is 2.22. The number of hydrogen-bond donors (Lipinski definition) is 0. The Morgan fingerprint density at radius 3 is 2.65 bits per heavy atom. The van der Waals surface area contributed by atoms with Gasteiger partial charge in [0.15, 0.2) is 6.10 Å². The zero-order valence-electron chi connectivity index (χ0n) is 10.3. The zero-order chi connectivity index (χ0) is 12.8. The molecule has 3 nitrogen and oxygen atoms in total. The summed E-state index contributed by atoms with van der Waals surface area (Å²) in [6.07, 6.45) is 0.0102. The van der Waals surface area contributed by atoms with Crippen LogP contribution in [0.2, 0.25) is 5.02 Å². The quantitative estimate of drug-likeness (QED) is 0.758. The minimum absolute atomic E-state index is 0.331. The lowest BCUT2D eigenvalue weighted by molar-refractivity contribution is -0.151. The van der Waals surface area contributed by atoms with Crippen molar-refractivity contribution in [2.75, 3.05) is 6.61 Å². The maximum atomic E-state index is 11.6. The number of carbonyl (C=O) groups excluding carboxylic acids is 1. The van der Waals surface area contributed by atoms with Crippen LogP contribution in [0.3, 0.4) is 0 Å². The van der Waals surface area contributed by atoms with E-state index in [1.165, 1.54) is 0 Å². The molecule has 0 amide bonds. The largest absolute Gasteiger partial charge is 0.479 e. The molecule has 0 aliphatic carbocycles. The fourth-order valence-corrected chi connectivity index (χ4v) is 1.51. The monoisotopic (exact) mass is 256 g/mol. The van der Waals surface area contributed by atoms with Crippen LogP contribution in [0.1, 0.15) is 25.8 Å². The van der Waals surface area contributed by atoms with E-state index in [1.54, 1.807) is 19.1 Å². The Balaban J connectivity index is 2.73. The first-order valence-corrected chi connectivity index (χ1v) is 6.05. The molecule has 94 valence electrons. The molecule has 1 aromatic carbocycles. The Morgan fingerprint density at radius 2 is 2.12 bits per heavy atom. The predicted molar refractivity (Wildman–Crippen MR) is 67.5 cm³/mol. The van der Waals surface area contributed by atoms with Crippen molar-refractivity contribution in [3.05, 3.63) is 28.8 Å². The van der Waals surface area contributed by atoms with E-state index in [0.29, 0.717) is 23.8 Å². The predicted octanol–water partition coefficient (Wildman–Crippen LogP) is 3.37. The first kappa shape index (κ1) is 13.8. The summed E-state index contributed by atoms with van der Waals surface area (Å²) in [7, 11) is 0. The molecule has 0 radical (unpaired) electrons. The lowest BCUT2D eigenvalue weighted by Gasteiger charge is -2.16. The molecule has 4 heteroatoms. The van der Waals surface area contributed by atoms with Crippen molar-refractivity contribution >= 4 is 17.6 Å². The van der Waals surface area contributed by atoms with Crippen LogP contribution in [0.5, 0.6) is 5.75 Å². The molecule has 17 heavy (non-hydrogen) atoms. The Labute approximate surface area is 107 Å². The van der Waals surface area contributed by atoms with Gasteiger partial charge in [0.2, 0.25) is 0 Å². The highest BCUT2D eigenvalue weighted by molar-refractivity contribution is 6.31. The molecule has 0 N–H and O–H groups in total. The van der Waals surface area contributed by atoms with Crippen molar-refractivity contribution < 1.29 is 14.3 Å². The third-order valence-corrected chi connectivity index (χ3v) is 2.75. The summed E-state index contributed by atoms with van der Waals surface area (Å²) < 4.78 is 10.5. The summed E-state index contributed by atoms with van der Waals surface area (Å²) in [5.41, 5.74) is 0.919. The number of rotatable bonds is 5. The van der Waals surface area contributed by atoms with E-state index in [0.717, 1.165) is 5.56 Å². The molecule has 1 atom stereocenters. The van der Waals surface area contributed by atoms with E-state index in [-0.39, 0.29) is 5.97 Å². The Bertz CT molecular complexity index is 390. The van der Waals surface area contributed by atoms with Gasteiger partial charge in [0, 0.05) is 5.02 Å². The molecule has 0 fully saturated rings. The van der Waals surface area contributed by atoms with Gasteiger partial charge in [0.05, 0.1) is 6.61 Å². The summed E-state index contributed by atoms with van der Waals surface area (Å²) in [4.78, 5) is 11.6. The van der Waals surface area contributed by atoms with Gasteiger partial charge < -0.3 is 9.47 Å². The molecule has 0 aromatic heterocycles. The highest BCUT2D eigenvalue weighted by atomic mass is 35.5. The number of esters is 1. The Morgan fingerprint density at radius 1 is 1.41 bits per heavy atom. The molecular weight excluding hydrogens is 240 g/mol. The van der Waals surface area contributed by atoms with E-state index >= 15 is 0 Å². The lowest BCUT2D eigenvalue weighted by Crippen LogP contribution is -2.28. The number of hydrogen-bond acceptors (Lipinski definition) is 3. The van der Waals surface area contributed by atoms with Gasteiger partial charge in [0.1, 0.15) is 5.75 Å². The number of aryl methyl sites for hydroxylation is 1. The summed E-state index contributed by atoms with van der Waals surface area (Å²) in [6, 6.07) is 5.31. The summed E-state index contributed by atoms with van der Waals surface area (Å²) in [5, 5.41) is 0.682. The first-order chi connectivity index (χ1) is 8.08. The molecule has 0 saturated heterocycles. The van der Waals surface area contributed by atoms with Crippen LogP contribution in [0.4, 0.5) is 0 Å². The molecule has 1 unspecified atom stereocenters. The molecule has 0 heterocycles. The van der Waals surface area contributed by atoms with Crippen LogP contribution in [0, 0.1) is 6.92 Å². The second kappa shape index (κ2) is 6.50. The van der Waals surface area contributed by atoms with Crippen LogP contribution >= 0.6 is 11.6 Å². The van der Waals surface area contributed by atoms with E-state index < -0.39 is 6.10 Å². The second-order valence-corrected chi connectivity index (χ2v) is 4.08. The lowest BCUT2D eigenvalue weighted by atomic mass is 10.2. The number of ether oxygens (including phenoxy) is 2. The maximum absolute atomic E-state index is 11.6. The van der Waals surface area contributed by atoms with E-state index in [2.05, 4.69) is 0 Å². The van der Waals surface area contributed by atoms with Gasteiger partial charge in [-0.2, -0.15) is 0 Å². The average molecular weight is 257 g/mol. The van der Waals surface area contributed by atoms with Gasteiger partial charge in [-0.15, -0.1) is 0 Å². The van der Waals surface area contributed by atoms with E-state index in [9.17, 15) is 4.79 Å². The number of halogens is 1. The molecule has 0 saturated carbocycles. The Hall–Kier alpha value is -1.22. The molecule has 0 aliphatic rings. The fraction of sp³-hybridized carbons (Fsp3) is 0.462. The number of carbonyl (C=O) groups is 1. The SMILES string of the molecule is CCOC(=O)C(CC)Oc1ccc(Cl)c(C)c1. The molecule has 0 bridgehead atoms. The van der Waals surface area contributed by atoms with Crippen molar-refractivity contribution in [1.82, 2.24) is 0 Å². The van der Waals surface area contributed by atoms with Gasteiger partial charge in [-0.05, 0) is 44.0 Å². The van der Waals surface area contributed by atoms with Crippen molar-refractivity contribution in [3.63, 3.8) is 0 Å². The molecule has 0 aliphatic heterocycles. The van der Waals surface area contributed by atoms with Gasteiger partial charge in [-0.1, -0.05) is 18.5 Å². The van der Waals surface area contributed by atoms with Crippen molar-refractivity contribution in [2.45, 2.75) is 33.3 Å². The summed E-state index contributed by atoms with van der Waals surface area (Å²) >= 11 is 5.92. The molecule has 1 aromatic rings. The van der Waals surface area contributed by atoms with Crippen LogP contribution < -0.4 is 4.74 Å². The van der Waals surface area contributed by atoms with Crippen molar-refractivity contribution in [1.29, 1.82) is 0 Å². The second-order valence-electron chi connectivity index (χ2n) is 3.68. The van der Waals surface area contributed by atoms with Gasteiger partial charge in [0.25, 0.3) is 0 Å². The normalized spacial score (nSPS) is 12.0. The fourth-order valence-electron chi connectivity index (χ4n) is 1.39. The van der Waals surface area contributed by atoms with Crippen LogP contribution in [-0.4, -0.2) is 18.7 Å². The molecular formula is C13H17ClO3. The minimum Gasteiger partial charge on any atom is -0.479 e. The topological polar surface area (TPSA) is 35.5 Å². The molecule has 0 spiro atoms. The smallest absolute Gasteiger partial charge is 0.347 e. The average Bonchev–Trinajstić information content (AvgIpc) is 2.30. The van der Waals surface area contributed by atoms with Crippen molar-refractivity contribution in [3.8, 4) is 5.75 Å². The maximum Gasteiger partial charge on any atom is 0.347 e. The van der Waals surface area contributed by atoms with Gasteiger partial charge >= 0.3 is 5.97 Å². The first-order valence-electron chi connectivity index (χ1n) is 5.67.